The highest BCUT2D eigenvalue weighted by Crippen LogP contribution is 2.14. The van der Waals surface area contributed by atoms with Gasteiger partial charge in [-0.3, -0.25) is 10.1 Å². The third-order valence-corrected chi connectivity index (χ3v) is 2.49. The van der Waals surface area contributed by atoms with E-state index in [4.69, 9.17) is 5.11 Å². The summed E-state index contributed by atoms with van der Waals surface area (Å²) in [5.41, 5.74) is 0.466. The Bertz CT molecular complexity index is 650. The number of carbonyl (C=O) groups is 1. The van der Waals surface area contributed by atoms with Gasteiger partial charge in [-0.15, -0.1) is 0 Å². The number of carboxylic acids is 1. The van der Waals surface area contributed by atoms with Gasteiger partial charge in [0.25, 0.3) is 0 Å². The number of hydrogen-bond donors (Lipinski definition) is 1. The van der Waals surface area contributed by atoms with Gasteiger partial charge in [-0.25, -0.2) is 14.5 Å². The van der Waals surface area contributed by atoms with Crippen molar-refractivity contribution >= 4 is 11.7 Å². The van der Waals surface area contributed by atoms with Crippen LogP contribution in [0.3, 0.4) is 0 Å². The minimum Gasteiger partial charge on any atom is -0.478 e. The van der Waals surface area contributed by atoms with Gasteiger partial charge < -0.3 is 5.11 Å². The Kier molecular flexibility index (Phi) is 3.23. The summed E-state index contributed by atoms with van der Waals surface area (Å²) in [6.07, 6.45) is 2.83. The Morgan fingerprint density at radius 3 is 2.79 bits per heavy atom. The molecule has 0 fully saturated rings. The molecule has 0 unspecified atom stereocenters. The monoisotopic (exact) mass is 262 g/mol. The maximum absolute atomic E-state index is 11.0. The lowest BCUT2D eigenvalue weighted by Crippen LogP contribution is -2.05. The van der Waals surface area contributed by atoms with Crippen LogP contribution < -0.4 is 0 Å². The number of nitro groups is 1. The van der Waals surface area contributed by atoms with Crippen LogP contribution in [-0.4, -0.2) is 30.8 Å². The summed E-state index contributed by atoms with van der Waals surface area (Å²) < 4.78 is 1.18. The van der Waals surface area contributed by atoms with Crippen LogP contribution in [0.1, 0.15) is 23.0 Å². The molecule has 2 aromatic rings. The molecule has 0 aliphatic heterocycles. The maximum atomic E-state index is 11.0. The Hall–Kier alpha value is -2.77. The Balaban J connectivity index is 2.50. The van der Waals surface area contributed by atoms with Crippen molar-refractivity contribution in [2.75, 3.05) is 0 Å². The second-order valence-electron chi connectivity index (χ2n) is 3.76. The first-order valence-corrected chi connectivity index (χ1v) is 5.45. The molecule has 2 aromatic heterocycles. The van der Waals surface area contributed by atoms with Crippen molar-refractivity contribution in [1.82, 2.24) is 14.8 Å². The van der Waals surface area contributed by atoms with E-state index < -0.39 is 10.9 Å². The van der Waals surface area contributed by atoms with Gasteiger partial charge in [0.05, 0.1) is 10.5 Å². The van der Waals surface area contributed by atoms with Crippen LogP contribution in [-0.2, 0) is 6.42 Å². The lowest BCUT2D eigenvalue weighted by molar-refractivity contribution is -0.384. The van der Waals surface area contributed by atoms with E-state index in [-0.39, 0.29) is 17.1 Å². The molecule has 0 saturated heterocycles. The first-order chi connectivity index (χ1) is 9.01. The fourth-order valence-electron chi connectivity index (χ4n) is 1.53. The zero-order valence-electron chi connectivity index (χ0n) is 9.98. The zero-order valence-corrected chi connectivity index (χ0v) is 9.98. The molecule has 8 nitrogen and oxygen atoms in total. The SMILES string of the molecule is CCc1cc(C(=O)O)cc(-n2cc([N+](=O)[O-])cn2)n1. The molecule has 0 amide bonds. The lowest BCUT2D eigenvalue weighted by atomic mass is 10.2. The van der Waals surface area contributed by atoms with Gasteiger partial charge in [-0.1, -0.05) is 6.92 Å². The first-order valence-electron chi connectivity index (χ1n) is 5.45. The molecule has 0 saturated carbocycles. The zero-order chi connectivity index (χ0) is 14.0. The average Bonchev–Trinajstić information content (AvgIpc) is 2.87. The van der Waals surface area contributed by atoms with Crippen molar-refractivity contribution < 1.29 is 14.8 Å². The number of nitrogens with zero attached hydrogens (tertiary/aromatic N) is 4. The number of carboxylic acid groups (broad SMARTS) is 1. The fourth-order valence-corrected chi connectivity index (χ4v) is 1.53. The summed E-state index contributed by atoms with van der Waals surface area (Å²) in [6.45, 7) is 1.84. The minimum atomic E-state index is -1.08. The molecule has 98 valence electrons. The van der Waals surface area contributed by atoms with Gasteiger partial charge in [0.2, 0.25) is 0 Å². The van der Waals surface area contributed by atoms with Crippen LogP contribution in [0.15, 0.2) is 24.5 Å². The molecular formula is C11H10N4O4. The van der Waals surface area contributed by atoms with Gasteiger partial charge >= 0.3 is 11.7 Å². The predicted octanol–water partition coefficient (Wildman–Crippen LogP) is 1.44. The molecule has 2 rings (SSSR count). The van der Waals surface area contributed by atoms with Crippen LogP contribution in [0, 0.1) is 10.1 Å². The Morgan fingerprint density at radius 2 is 2.26 bits per heavy atom. The van der Waals surface area contributed by atoms with Gasteiger partial charge in [-0.2, -0.15) is 5.10 Å². The van der Waals surface area contributed by atoms with Crippen molar-refractivity contribution in [3.8, 4) is 5.82 Å². The summed E-state index contributed by atoms with van der Waals surface area (Å²) in [4.78, 5) is 25.2. The molecule has 1 N–H and O–H groups in total. The van der Waals surface area contributed by atoms with Gasteiger partial charge in [0.1, 0.15) is 12.4 Å². The second-order valence-corrected chi connectivity index (χ2v) is 3.76. The first kappa shape index (κ1) is 12.7. The molecule has 0 spiro atoms. The third kappa shape index (κ3) is 2.57. The molecular weight excluding hydrogens is 252 g/mol. The third-order valence-electron chi connectivity index (χ3n) is 2.49. The van der Waals surface area contributed by atoms with E-state index in [9.17, 15) is 14.9 Å². The number of pyridine rings is 1. The minimum absolute atomic E-state index is 0.0694. The fraction of sp³-hybridized carbons (Fsp3) is 0.182. The second kappa shape index (κ2) is 4.84. The highest BCUT2D eigenvalue weighted by molar-refractivity contribution is 5.88. The van der Waals surface area contributed by atoms with Gasteiger partial charge in [0.15, 0.2) is 5.82 Å². The van der Waals surface area contributed by atoms with Crippen LogP contribution in [0.4, 0.5) is 5.69 Å². The maximum Gasteiger partial charge on any atom is 0.335 e. The molecule has 8 heteroatoms. The number of aromatic nitrogens is 3. The number of rotatable bonds is 4. The van der Waals surface area contributed by atoms with E-state index in [0.29, 0.717) is 12.1 Å². The van der Waals surface area contributed by atoms with Crippen molar-refractivity contribution in [2.24, 2.45) is 0 Å². The molecule has 0 atom stereocenters. The Morgan fingerprint density at radius 1 is 1.53 bits per heavy atom. The average molecular weight is 262 g/mol. The largest absolute Gasteiger partial charge is 0.478 e. The van der Waals surface area contributed by atoms with Crippen molar-refractivity contribution in [3.63, 3.8) is 0 Å². The summed E-state index contributed by atoms with van der Waals surface area (Å²) in [5.74, 6) is -0.843. The summed E-state index contributed by atoms with van der Waals surface area (Å²) in [6, 6.07) is 2.78. The van der Waals surface area contributed by atoms with E-state index in [1.807, 2.05) is 6.92 Å². The molecule has 2 heterocycles. The smallest absolute Gasteiger partial charge is 0.335 e. The van der Waals surface area contributed by atoms with Gasteiger partial charge in [0, 0.05) is 5.69 Å². The molecule has 0 bridgehead atoms. The van der Waals surface area contributed by atoms with Gasteiger partial charge in [-0.05, 0) is 18.6 Å². The van der Waals surface area contributed by atoms with E-state index in [2.05, 4.69) is 10.1 Å². The normalized spacial score (nSPS) is 10.4. The van der Waals surface area contributed by atoms with Crippen LogP contribution >= 0.6 is 0 Å². The van der Waals surface area contributed by atoms with Crippen LogP contribution in [0.2, 0.25) is 0 Å². The lowest BCUT2D eigenvalue weighted by Gasteiger charge is -2.04. The van der Waals surface area contributed by atoms with Crippen LogP contribution in [0.25, 0.3) is 5.82 Å². The summed E-state index contributed by atoms with van der Waals surface area (Å²) in [7, 11) is 0. The van der Waals surface area contributed by atoms with E-state index in [0.717, 1.165) is 6.20 Å². The van der Waals surface area contributed by atoms with E-state index in [1.165, 1.54) is 23.0 Å². The number of aromatic carboxylic acids is 1. The van der Waals surface area contributed by atoms with E-state index in [1.54, 1.807) is 0 Å². The van der Waals surface area contributed by atoms with Crippen LogP contribution in [0.5, 0.6) is 0 Å². The quantitative estimate of drug-likeness (QED) is 0.659. The number of aryl methyl sites for hydroxylation is 1. The number of hydrogen-bond acceptors (Lipinski definition) is 5. The standard InChI is InChI=1S/C11H10N4O4/c1-2-8-3-7(11(16)17)4-10(13-8)14-6-9(5-12-14)15(18)19/h3-6H,2H2,1H3,(H,16,17). The molecule has 0 aromatic carbocycles. The molecule has 0 aliphatic carbocycles. The van der Waals surface area contributed by atoms with Crippen molar-refractivity contribution in [1.29, 1.82) is 0 Å². The van der Waals surface area contributed by atoms with Crippen molar-refractivity contribution in [2.45, 2.75) is 13.3 Å². The molecule has 0 radical (unpaired) electrons. The topological polar surface area (TPSA) is 111 Å². The highest BCUT2D eigenvalue weighted by Gasteiger charge is 2.13. The summed E-state index contributed by atoms with van der Waals surface area (Å²) >= 11 is 0. The highest BCUT2D eigenvalue weighted by atomic mass is 16.6. The predicted molar refractivity (Wildman–Crippen MR) is 64.4 cm³/mol. The summed E-state index contributed by atoms with van der Waals surface area (Å²) in [5, 5.41) is 23.4. The Labute approximate surface area is 107 Å². The van der Waals surface area contributed by atoms with Crippen molar-refractivity contribution in [3.05, 3.63) is 45.9 Å². The molecule has 19 heavy (non-hydrogen) atoms. The van der Waals surface area contributed by atoms with E-state index >= 15 is 0 Å². The molecule has 0 aliphatic rings.